The lowest BCUT2D eigenvalue weighted by Gasteiger charge is -2.11. The minimum Gasteiger partial charge on any atom is -0.494 e. The van der Waals surface area contributed by atoms with Crippen LogP contribution in [0.4, 0.5) is 0 Å². The van der Waals surface area contributed by atoms with Crippen LogP contribution in [0.25, 0.3) is 0 Å². The maximum atomic E-state index is 5.53. The molecule has 0 aliphatic rings. The number of hydrogen-bond donors (Lipinski definition) is 2. The lowest BCUT2D eigenvalue weighted by molar-refractivity contribution is 0.340. The van der Waals surface area contributed by atoms with E-state index in [1.54, 1.807) is 11.3 Å². The van der Waals surface area contributed by atoms with E-state index in [4.69, 9.17) is 4.74 Å². The number of aromatic nitrogens is 1. The van der Waals surface area contributed by atoms with Gasteiger partial charge in [0.05, 0.1) is 23.9 Å². The molecule has 0 spiro atoms. The average Bonchev–Trinajstić information content (AvgIpc) is 2.99. The molecule has 2 aromatic rings. The molecule has 0 aliphatic carbocycles. The van der Waals surface area contributed by atoms with Gasteiger partial charge in [-0.05, 0) is 38.5 Å². The molecule has 0 radical (unpaired) electrons. The largest absolute Gasteiger partial charge is 0.494 e. The van der Waals surface area contributed by atoms with E-state index in [2.05, 4.69) is 39.0 Å². The molecule has 0 saturated heterocycles. The third kappa shape index (κ3) is 8.04. The summed E-state index contributed by atoms with van der Waals surface area (Å²) < 4.78 is 5.53. The predicted molar refractivity (Wildman–Crippen MR) is 116 cm³/mol. The Morgan fingerprint density at radius 2 is 2.12 bits per heavy atom. The number of nitrogens with one attached hydrogen (secondary N) is 2. The van der Waals surface area contributed by atoms with Crippen LogP contribution in [0.2, 0.25) is 0 Å². The van der Waals surface area contributed by atoms with E-state index in [-0.39, 0.29) is 24.0 Å². The Bertz CT molecular complexity index is 660. The third-order valence-electron chi connectivity index (χ3n) is 3.31. The van der Waals surface area contributed by atoms with Gasteiger partial charge in [0, 0.05) is 24.9 Å². The molecule has 25 heavy (non-hydrogen) atoms. The highest BCUT2D eigenvalue weighted by Crippen LogP contribution is 2.14. The highest BCUT2D eigenvalue weighted by Gasteiger charge is 2.01. The van der Waals surface area contributed by atoms with Gasteiger partial charge >= 0.3 is 0 Å². The first-order valence-corrected chi connectivity index (χ1v) is 9.24. The van der Waals surface area contributed by atoms with Crippen LogP contribution in [0.1, 0.15) is 30.1 Å². The molecule has 5 nitrogen and oxygen atoms in total. The van der Waals surface area contributed by atoms with Crippen molar-refractivity contribution in [2.75, 3.05) is 19.7 Å². The summed E-state index contributed by atoms with van der Waals surface area (Å²) >= 11 is 1.69. The van der Waals surface area contributed by atoms with Gasteiger partial charge in [-0.1, -0.05) is 12.1 Å². The first-order chi connectivity index (χ1) is 11.7. The number of halogens is 1. The fourth-order valence-corrected chi connectivity index (χ4v) is 2.89. The summed E-state index contributed by atoms with van der Waals surface area (Å²) in [4.78, 5) is 9.12. The third-order valence-corrected chi connectivity index (χ3v) is 4.14. The number of aryl methyl sites for hydroxylation is 1. The van der Waals surface area contributed by atoms with Gasteiger partial charge in [0.2, 0.25) is 0 Å². The summed E-state index contributed by atoms with van der Waals surface area (Å²) in [5.74, 6) is 1.72. The lowest BCUT2D eigenvalue weighted by Crippen LogP contribution is -2.38. The number of ether oxygens (including phenoxy) is 1. The van der Waals surface area contributed by atoms with Crippen molar-refractivity contribution in [2.45, 2.75) is 33.7 Å². The van der Waals surface area contributed by atoms with Gasteiger partial charge in [0.15, 0.2) is 5.96 Å². The molecular formula is C18H27IN4OS. The van der Waals surface area contributed by atoms with Crippen molar-refractivity contribution in [3.8, 4) is 5.75 Å². The Hall–Kier alpha value is -1.35. The molecule has 2 rings (SSSR count). The first-order valence-electron chi connectivity index (χ1n) is 8.36. The topological polar surface area (TPSA) is 58.5 Å². The summed E-state index contributed by atoms with van der Waals surface area (Å²) in [7, 11) is 0. The Labute approximate surface area is 171 Å². The average molecular weight is 474 g/mol. The Kier molecular flexibility index (Phi) is 10.5. The number of hydrogen-bond acceptors (Lipinski definition) is 4. The van der Waals surface area contributed by atoms with Gasteiger partial charge in [-0.15, -0.1) is 35.3 Å². The zero-order valence-corrected chi connectivity index (χ0v) is 18.2. The SMILES string of the molecule is CCNC(=NCc1cccc(OCC)c1)NCCc1csc(C)n1.I. The molecule has 0 atom stereocenters. The van der Waals surface area contributed by atoms with Gasteiger partial charge in [0.25, 0.3) is 0 Å². The second-order valence-corrected chi connectivity index (χ2v) is 6.37. The maximum absolute atomic E-state index is 5.53. The highest BCUT2D eigenvalue weighted by atomic mass is 127. The monoisotopic (exact) mass is 474 g/mol. The first kappa shape index (κ1) is 21.7. The molecule has 2 N–H and O–H groups in total. The number of guanidine groups is 1. The lowest BCUT2D eigenvalue weighted by atomic mass is 10.2. The predicted octanol–water partition coefficient (Wildman–Crippen LogP) is 3.77. The molecule has 0 aliphatic heterocycles. The van der Waals surface area contributed by atoms with Crippen LogP contribution in [0.15, 0.2) is 34.6 Å². The van der Waals surface area contributed by atoms with E-state index < -0.39 is 0 Å². The quantitative estimate of drug-likeness (QED) is 0.348. The zero-order chi connectivity index (χ0) is 17.2. The standard InChI is InChI=1S/C18H26N4OS.HI/c1-4-19-18(20-10-9-16-13-24-14(3)22-16)21-12-15-7-6-8-17(11-15)23-5-2;/h6-8,11,13H,4-5,9-10,12H2,1-3H3,(H2,19,20,21);1H. The van der Waals surface area contributed by atoms with Crippen LogP contribution in [0.3, 0.4) is 0 Å². The minimum absolute atomic E-state index is 0. The number of benzene rings is 1. The van der Waals surface area contributed by atoms with E-state index in [0.29, 0.717) is 13.2 Å². The molecule has 138 valence electrons. The fourth-order valence-electron chi connectivity index (χ4n) is 2.24. The Morgan fingerprint density at radius 1 is 1.28 bits per heavy atom. The minimum atomic E-state index is 0. The van der Waals surface area contributed by atoms with Crippen molar-refractivity contribution in [1.29, 1.82) is 0 Å². The van der Waals surface area contributed by atoms with Crippen molar-refractivity contribution in [1.82, 2.24) is 15.6 Å². The highest BCUT2D eigenvalue weighted by molar-refractivity contribution is 14.0. The molecule has 0 unspecified atom stereocenters. The van der Waals surface area contributed by atoms with Crippen LogP contribution in [0.5, 0.6) is 5.75 Å². The van der Waals surface area contributed by atoms with E-state index >= 15 is 0 Å². The Balaban J connectivity index is 0.00000312. The molecule has 0 amide bonds. The van der Waals surface area contributed by atoms with Crippen molar-refractivity contribution in [3.05, 3.63) is 45.9 Å². The summed E-state index contributed by atoms with van der Waals surface area (Å²) in [6, 6.07) is 8.07. The Morgan fingerprint density at radius 3 is 2.80 bits per heavy atom. The van der Waals surface area contributed by atoms with Crippen LogP contribution < -0.4 is 15.4 Å². The van der Waals surface area contributed by atoms with E-state index in [1.165, 1.54) is 0 Å². The number of thiazole rings is 1. The fraction of sp³-hybridized carbons (Fsp3) is 0.444. The van der Waals surface area contributed by atoms with Gasteiger partial charge in [-0.3, -0.25) is 0 Å². The number of nitrogens with zero attached hydrogens (tertiary/aromatic N) is 2. The molecule has 0 saturated carbocycles. The van der Waals surface area contributed by atoms with Crippen molar-refractivity contribution in [3.63, 3.8) is 0 Å². The molecule has 1 heterocycles. The molecule has 1 aromatic heterocycles. The van der Waals surface area contributed by atoms with Crippen molar-refractivity contribution in [2.24, 2.45) is 4.99 Å². The van der Waals surface area contributed by atoms with E-state index in [1.807, 2.05) is 32.0 Å². The summed E-state index contributed by atoms with van der Waals surface area (Å²) in [5, 5.41) is 9.86. The zero-order valence-electron chi connectivity index (χ0n) is 15.0. The van der Waals surface area contributed by atoms with Gasteiger partial charge < -0.3 is 15.4 Å². The van der Waals surface area contributed by atoms with Crippen molar-refractivity contribution >= 4 is 41.3 Å². The van der Waals surface area contributed by atoms with Gasteiger partial charge in [-0.2, -0.15) is 0 Å². The maximum Gasteiger partial charge on any atom is 0.191 e. The summed E-state index contributed by atoms with van der Waals surface area (Å²) in [6.45, 7) is 9.02. The van der Waals surface area contributed by atoms with Crippen LogP contribution in [-0.4, -0.2) is 30.6 Å². The number of rotatable bonds is 8. The summed E-state index contributed by atoms with van der Waals surface area (Å²) in [5.41, 5.74) is 2.26. The smallest absolute Gasteiger partial charge is 0.191 e. The molecular weight excluding hydrogens is 447 g/mol. The normalized spacial score (nSPS) is 10.9. The number of aliphatic imine (C=N–C) groups is 1. The second kappa shape index (κ2) is 12.1. The second-order valence-electron chi connectivity index (χ2n) is 5.31. The summed E-state index contributed by atoms with van der Waals surface area (Å²) in [6.07, 6.45) is 0.897. The van der Waals surface area contributed by atoms with E-state index in [0.717, 1.165) is 47.5 Å². The molecule has 0 fully saturated rings. The van der Waals surface area contributed by atoms with Crippen LogP contribution >= 0.6 is 35.3 Å². The molecule has 0 bridgehead atoms. The van der Waals surface area contributed by atoms with E-state index in [9.17, 15) is 0 Å². The van der Waals surface area contributed by atoms with Gasteiger partial charge in [0.1, 0.15) is 5.75 Å². The van der Waals surface area contributed by atoms with Crippen LogP contribution in [-0.2, 0) is 13.0 Å². The van der Waals surface area contributed by atoms with Gasteiger partial charge in [-0.25, -0.2) is 9.98 Å². The molecule has 1 aromatic carbocycles. The van der Waals surface area contributed by atoms with Crippen LogP contribution in [0, 0.1) is 6.92 Å². The molecule has 7 heteroatoms. The van der Waals surface area contributed by atoms with Crippen molar-refractivity contribution < 1.29 is 4.74 Å².